The molecule has 1 atom stereocenters. The molecule has 0 heterocycles. The summed E-state index contributed by atoms with van der Waals surface area (Å²) in [7, 11) is 1.70. The lowest BCUT2D eigenvalue weighted by atomic mass is 10.0. The van der Waals surface area contributed by atoms with E-state index in [4.69, 9.17) is 4.74 Å². The molecule has 1 N–H and O–H groups in total. The molecule has 0 radical (unpaired) electrons. The second-order valence-electron chi connectivity index (χ2n) is 4.36. The Morgan fingerprint density at radius 3 is 2.63 bits per heavy atom. The Hall–Kier alpha value is -1.48. The number of anilines is 1. The molecule has 0 aliphatic rings. The largest absolute Gasteiger partial charge is 0.495 e. The second-order valence-corrected chi connectivity index (χ2v) is 5.28. The highest BCUT2D eigenvalue weighted by atomic mass is 79.9. The van der Waals surface area contributed by atoms with Gasteiger partial charge in [-0.3, -0.25) is 0 Å². The van der Waals surface area contributed by atoms with Gasteiger partial charge in [0.25, 0.3) is 0 Å². The van der Waals surface area contributed by atoms with Crippen molar-refractivity contribution >= 4 is 21.6 Å². The zero-order chi connectivity index (χ0) is 13.7. The summed E-state index contributed by atoms with van der Waals surface area (Å²) < 4.78 is 6.48. The smallest absolute Gasteiger partial charge is 0.141 e. The molecule has 0 bridgehead atoms. The Kier molecular flexibility index (Phi) is 4.86. The average Bonchev–Trinajstić information content (AvgIpc) is 2.45. The minimum Gasteiger partial charge on any atom is -0.495 e. The Bertz CT molecular complexity index is 542. The first kappa shape index (κ1) is 13.9. The zero-order valence-corrected chi connectivity index (χ0v) is 12.8. The summed E-state index contributed by atoms with van der Waals surface area (Å²) >= 11 is 3.52. The van der Waals surface area contributed by atoms with E-state index in [0.717, 1.165) is 22.3 Å². The Balaban J connectivity index is 2.24. The van der Waals surface area contributed by atoms with Crippen molar-refractivity contribution in [2.75, 3.05) is 12.4 Å². The maximum absolute atomic E-state index is 5.38. The van der Waals surface area contributed by atoms with Crippen LogP contribution in [0.3, 0.4) is 0 Å². The van der Waals surface area contributed by atoms with Crippen molar-refractivity contribution in [1.82, 2.24) is 0 Å². The minimum atomic E-state index is 0.272. The minimum absolute atomic E-state index is 0.272. The van der Waals surface area contributed by atoms with Gasteiger partial charge in [-0.2, -0.15) is 0 Å². The molecule has 0 aliphatic carbocycles. The maximum atomic E-state index is 5.38. The Labute approximate surface area is 122 Å². The molecule has 2 nitrogen and oxygen atoms in total. The maximum Gasteiger partial charge on any atom is 0.141 e. The highest BCUT2D eigenvalue weighted by molar-refractivity contribution is 9.10. The standard InChI is InChI=1S/C16H18BrNO/c1-3-14(12-7-6-8-13(17)11-12)18-15-9-4-5-10-16(15)19-2/h4-11,14,18H,3H2,1-2H3. The summed E-state index contributed by atoms with van der Waals surface area (Å²) in [6, 6.07) is 16.7. The van der Waals surface area contributed by atoms with Crippen LogP contribution in [0.2, 0.25) is 0 Å². The molecular formula is C16H18BrNO. The predicted molar refractivity (Wildman–Crippen MR) is 83.8 cm³/mol. The van der Waals surface area contributed by atoms with Crippen molar-refractivity contribution in [3.63, 3.8) is 0 Å². The Morgan fingerprint density at radius 1 is 1.16 bits per heavy atom. The van der Waals surface area contributed by atoms with Gasteiger partial charge in [-0.1, -0.05) is 47.1 Å². The Morgan fingerprint density at radius 2 is 1.95 bits per heavy atom. The first-order valence-electron chi connectivity index (χ1n) is 6.39. The monoisotopic (exact) mass is 319 g/mol. The molecule has 0 saturated heterocycles. The number of halogens is 1. The van der Waals surface area contributed by atoms with Crippen molar-refractivity contribution < 1.29 is 4.74 Å². The fraction of sp³-hybridized carbons (Fsp3) is 0.250. The van der Waals surface area contributed by atoms with Crippen LogP contribution in [0.15, 0.2) is 53.0 Å². The first-order chi connectivity index (χ1) is 9.24. The molecule has 1 unspecified atom stereocenters. The van der Waals surface area contributed by atoms with Crippen molar-refractivity contribution in [2.24, 2.45) is 0 Å². The molecule has 3 heteroatoms. The number of para-hydroxylation sites is 2. The normalized spacial score (nSPS) is 11.9. The number of hydrogen-bond acceptors (Lipinski definition) is 2. The quantitative estimate of drug-likeness (QED) is 0.835. The first-order valence-corrected chi connectivity index (χ1v) is 7.19. The highest BCUT2D eigenvalue weighted by Crippen LogP contribution is 2.30. The number of rotatable bonds is 5. The summed E-state index contributed by atoms with van der Waals surface area (Å²) in [6.07, 6.45) is 1.01. The fourth-order valence-electron chi connectivity index (χ4n) is 2.10. The molecule has 0 amide bonds. The van der Waals surface area contributed by atoms with Crippen molar-refractivity contribution in [3.8, 4) is 5.75 Å². The summed E-state index contributed by atoms with van der Waals surface area (Å²) in [5, 5.41) is 3.55. The zero-order valence-electron chi connectivity index (χ0n) is 11.2. The number of benzene rings is 2. The van der Waals surface area contributed by atoms with E-state index in [2.05, 4.69) is 46.4 Å². The lowest BCUT2D eigenvalue weighted by Gasteiger charge is -2.20. The van der Waals surface area contributed by atoms with Crippen LogP contribution >= 0.6 is 15.9 Å². The number of methoxy groups -OCH3 is 1. The number of nitrogens with one attached hydrogen (secondary N) is 1. The van der Waals surface area contributed by atoms with Gasteiger partial charge in [0, 0.05) is 4.47 Å². The molecular weight excluding hydrogens is 302 g/mol. The molecule has 0 spiro atoms. The van der Waals surface area contributed by atoms with E-state index in [1.807, 2.05) is 30.3 Å². The SMILES string of the molecule is CCC(Nc1ccccc1OC)c1cccc(Br)c1. The van der Waals surface area contributed by atoms with Gasteiger partial charge in [0.2, 0.25) is 0 Å². The fourth-order valence-corrected chi connectivity index (χ4v) is 2.51. The van der Waals surface area contributed by atoms with Gasteiger partial charge in [-0.15, -0.1) is 0 Å². The lowest BCUT2D eigenvalue weighted by Crippen LogP contribution is -2.10. The molecule has 0 aromatic heterocycles. The van der Waals surface area contributed by atoms with Gasteiger partial charge in [-0.05, 0) is 36.2 Å². The van der Waals surface area contributed by atoms with Gasteiger partial charge in [-0.25, -0.2) is 0 Å². The molecule has 2 aromatic rings. The van der Waals surface area contributed by atoms with Crippen LogP contribution in [0.1, 0.15) is 24.9 Å². The van der Waals surface area contributed by atoms with E-state index in [-0.39, 0.29) is 6.04 Å². The van der Waals surface area contributed by atoms with E-state index in [0.29, 0.717) is 0 Å². The van der Waals surface area contributed by atoms with E-state index in [9.17, 15) is 0 Å². The second kappa shape index (κ2) is 6.62. The number of hydrogen-bond donors (Lipinski definition) is 1. The van der Waals surface area contributed by atoms with Crippen molar-refractivity contribution in [2.45, 2.75) is 19.4 Å². The summed E-state index contributed by atoms with van der Waals surface area (Å²) in [5.74, 6) is 0.871. The average molecular weight is 320 g/mol. The third-order valence-corrected chi connectivity index (χ3v) is 3.59. The predicted octanol–water partition coefficient (Wildman–Crippen LogP) is 5.02. The third-order valence-electron chi connectivity index (χ3n) is 3.10. The molecule has 0 fully saturated rings. The number of ether oxygens (including phenoxy) is 1. The van der Waals surface area contributed by atoms with E-state index in [1.165, 1.54) is 5.56 Å². The van der Waals surface area contributed by atoms with E-state index in [1.54, 1.807) is 7.11 Å². The van der Waals surface area contributed by atoms with Crippen LogP contribution in [-0.4, -0.2) is 7.11 Å². The summed E-state index contributed by atoms with van der Waals surface area (Å²) in [4.78, 5) is 0. The molecule has 2 rings (SSSR count). The lowest BCUT2D eigenvalue weighted by molar-refractivity contribution is 0.416. The van der Waals surface area contributed by atoms with Crippen molar-refractivity contribution in [3.05, 3.63) is 58.6 Å². The molecule has 0 saturated carbocycles. The highest BCUT2D eigenvalue weighted by Gasteiger charge is 2.11. The van der Waals surface area contributed by atoms with Crippen LogP contribution in [0.25, 0.3) is 0 Å². The molecule has 19 heavy (non-hydrogen) atoms. The van der Waals surface area contributed by atoms with Crippen LogP contribution in [-0.2, 0) is 0 Å². The van der Waals surface area contributed by atoms with Gasteiger partial charge in [0.15, 0.2) is 0 Å². The van der Waals surface area contributed by atoms with Gasteiger partial charge < -0.3 is 10.1 Å². The van der Waals surface area contributed by atoms with Crippen LogP contribution < -0.4 is 10.1 Å². The third kappa shape index (κ3) is 3.51. The summed E-state index contributed by atoms with van der Waals surface area (Å²) in [5.41, 5.74) is 2.29. The van der Waals surface area contributed by atoms with Gasteiger partial charge >= 0.3 is 0 Å². The van der Waals surface area contributed by atoms with Crippen LogP contribution in [0.5, 0.6) is 5.75 Å². The van der Waals surface area contributed by atoms with E-state index < -0.39 is 0 Å². The van der Waals surface area contributed by atoms with Crippen molar-refractivity contribution in [1.29, 1.82) is 0 Å². The van der Waals surface area contributed by atoms with Gasteiger partial charge in [0.1, 0.15) is 5.75 Å². The van der Waals surface area contributed by atoms with Gasteiger partial charge in [0.05, 0.1) is 18.8 Å². The molecule has 100 valence electrons. The molecule has 2 aromatic carbocycles. The van der Waals surface area contributed by atoms with E-state index >= 15 is 0 Å². The summed E-state index contributed by atoms with van der Waals surface area (Å²) in [6.45, 7) is 2.17. The van der Waals surface area contributed by atoms with Crippen LogP contribution in [0, 0.1) is 0 Å². The molecule has 0 aliphatic heterocycles. The topological polar surface area (TPSA) is 21.3 Å². The van der Waals surface area contributed by atoms with Crippen LogP contribution in [0.4, 0.5) is 5.69 Å².